The lowest BCUT2D eigenvalue weighted by Gasteiger charge is -2.31. The van der Waals surface area contributed by atoms with Crippen LogP contribution >= 0.6 is 0 Å². The molecule has 0 radical (unpaired) electrons. The van der Waals surface area contributed by atoms with Gasteiger partial charge in [-0.3, -0.25) is 4.98 Å². The fourth-order valence-electron chi connectivity index (χ4n) is 5.88. The van der Waals surface area contributed by atoms with Gasteiger partial charge < -0.3 is 10.4 Å². The monoisotopic (exact) mass is 429 g/mol. The predicted octanol–water partition coefficient (Wildman–Crippen LogP) is 5.13. The molecule has 2 saturated carbocycles. The Bertz CT molecular complexity index is 1150. The van der Waals surface area contributed by atoms with E-state index in [1.807, 2.05) is 19.2 Å². The molecule has 0 bridgehead atoms. The third kappa shape index (κ3) is 3.96. The molecular formula is C27H28FN3O. The zero-order valence-corrected chi connectivity index (χ0v) is 18.3. The number of terminal acetylenes is 1. The van der Waals surface area contributed by atoms with Crippen LogP contribution in [0.3, 0.4) is 0 Å². The van der Waals surface area contributed by atoms with Gasteiger partial charge in [-0.05, 0) is 98.2 Å². The minimum atomic E-state index is -0.795. The number of nitrogens with one attached hydrogen (secondary N) is 1. The van der Waals surface area contributed by atoms with E-state index in [1.54, 1.807) is 24.4 Å². The van der Waals surface area contributed by atoms with Gasteiger partial charge in [0.2, 0.25) is 0 Å². The van der Waals surface area contributed by atoms with Gasteiger partial charge in [-0.25, -0.2) is 9.37 Å². The normalized spacial score (nSPS) is 26.4. The highest BCUT2D eigenvalue weighted by Crippen LogP contribution is 2.55. The van der Waals surface area contributed by atoms with E-state index in [2.05, 4.69) is 27.3 Å². The van der Waals surface area contributed by atoms with Gasteiger partial charge in [0.25, 0.3) is 0 Å². The van der Waals surface area contributed by atoms with Crippen LogP contribution in [0.15, 0.2) is 48.8 Å². The molecule has 5 heteroatoms. The number of anilines is 1. The van der Waals surface area contributed by atoms with Crippen LogP contribution in [0.5, 0.6) is 0 Å². The molecule has 0 saturated heterocycles. The second-order valence-corrected chi connectivity index (χ2v) is 9.71. The van der Waals surface area contributed by atoms with E-state index in [0.717, 1.165) is 42.3 Å². The zero-order chi connectivity index (χ0) is 22.3. The number of hydrogen-bond acceptors (Lipinski definition) is 4. The van der Waals surface area contributed by atoms with Gasteiger partial charge in [0.1, 0.15) is 11.5 Å². The fraction of sp³-hybridized carbons (Fsp3) is 0.407. The lowest BCUT2D eigenvalue weighted by Crippen LogP contribution is -2.40. The summed E-state index contributed by atoms with van der Waals surface area (Å²) in [6.45, 7) is 2.41. The van der Waals surface area contributed by atoms with Crippen LogP contribution in [0, 0.1) is 35.9 Å². The second kappa shape index (κ2) is 8.18. The van der Waals surface area contributed by atoms with Crippen molar-refractivity contribution in [1.29, 1.82) is 0 Å². The average Bonchev–Trinajstić information content (AvgIpc) is 3.38. The molecule has 1 aromatic carbocycles. The van der Waals surface area contributed by atoms with Crippen LogP contribution in [0.1, 0.15) is 49.8 Å². The molecule has 2 aliphatic rings. The average molecular weight is 430 g/mol. The van der Waals surface area contributed by atoms with E-state index < -0.39 is 5.60 Å². The lowest BCUT2D eigenvalue weighted by atomic mass is 9.83. The van der Waals surface area contributed by atoms with Crippen molar-refractivity contribution in [1.82, 2.24) is 9.97 Å². The maximum Gasteiger partial charge on any atom is 0.123 e. The molecule has 2 aromatic heterocycles. The fourth-order valence-corrected chi connectivity index (χ4v) is 5.88. The molecule has 2 aliphatic carbocycles. The Balaban J connectivity index is 1.23. The van der Waals surface area contributed by atoms with Crippen molar-refractivity contribution in [2.24, 2.45) is 17.8 Å². The van der Waals surface area contributed by atoms with Crippen molar-refractivity contribution < 1.29 is 9.50 Å². The minimum Gasteiger partial charge on any atom is -0.388 e. The molecule has 3 aromatic rings. The number of pyridine rings is 2. The van der Waals surface area contributed by atoms with Crippen LogP contribution in [-0.4, -0.2) is 27.2 Å². The SMILES string of the molecule is C#Cc1ccc(NCC(C)(O)C2C[C@H]3CC(c4ccnc5ccc(F)cc45)C[C@H]3C2)cn1. The van der Waals surface area contributed by atoms with Gasteiger partial charge in [-0.2, -0.15) is 0 Å². The Kier molecular flexibility index (Phi) is 5.35. The first-order chi connectivity index (χ1) is 15.4. The smallest absolute Gasteiger partial charge is 0.123 e. The van der Waals surface area contributed by atoms with Crippen molar-refractivity contribution in [3.05, 3.63) is 65.9 Å². The van der Waals surface area contributed by atoms with Gasteiger partial charge in [0.15, 0.2) is 0 Å². The Labute approximate surface area is 188 Å². The van der Waals surface area contributed by atoms with Crippen molar-refractivity contribution in [2.45, 2.75) is 44.1 Å². The quantitative estimate of drug-likeness (QED) is 0.552. The number of nitrogens with zero attached hydrogens (tertiary/aromatic N) is 2. The molecule has 2 N–H and O–H groups in total. The highest BCUT2D eigenvalue weighted by Gasteiger charge is 2.47. The molecular weight excluding hydrogens is 401 g/mol. The van der Waals surface area contributed by atoms with E-state index >= 15 is 0 Å². The zero-order valence-electron chi connectivity index (χ0n) is 18.3. The standard InChI is InChI=1S/C27H28FN3O/c1-3-22-5-6-23(15-30-22)31-16-27(2,32)20-12-17-10-19(11-18(17)13-20)24-8-9-29-26-7-4-21(28)14-25(24)26/h1,4-9,14-15,17-20,31-32H,10-13,16H2,2H3/t17-,18+,19?,20?,27?. The molecule has 164 valence electrons. The van der Waals surface area contributed by atoms with E-state index in [0.29, 0.717) is 30.0 Å². The Hall–Kier alpha value is -2.97. The lowest BCUT2D eigenvalue weighted by molar-refractivity contribution is 0.0104. The van der Waals surface area contributed by atoms with Crippen LogP contribution in [0.2, 0.25) is 0 Å². The highest BCUT2D eigenvalue weighted by atomic mass is 19.1. The Morgan fingerprint density at radius 3 is 2.59 bits per heavy atom. The van der Waals surface area contributed by atoms with E-state index in [1.165, 1.54) is 11.6 Å². The van der Waals surface area contributed by atoms with Crippen molar-refractivity contribution in [2.75, 3.05) is 11.9 Å². The van der Waals surface area contributed by atoms with Crippen LogP contribution in [0.4, 0.5) is 10.1 Å². The number of benzene rings is 1. The first-order valence-electron chi connectivity index (χ1n) is 11.4. The molecule has 2 fully saturated rings. The van der Waals surface area contributed by atoms with Gasteiger partial charge in [-0.1, -0.05) is 5.92 Å². The summed E-state index contributed by atoms with van der Waals surface area (Å²) >= 11 is 0. The number of aromatic nitrogens is 2. The summed E-state index contributed by atoms with van der Waals surface area (Å²) in [6, 6.07) is 10.6. The molecule has 2 heterocycles. The summed E-state index contributed by atoms with van der Waals surface area (Å²) in [7, 11) is 0. The van der Waals surface area contributed by atoms with Gasteiger partial charge in [0.05, 0.1) is 23.0 Å². The number of hydrogen-bond donors (Lipinski definition) is 2. The Morgan fingerprint density at radius 1 is 1.12 bits per heavy atom. The molecule has 5 atom stereocenters. The number of rotatable bonds is 5. The second-order valence-electron chi connectivity index (χ2n) is 9.71. The summed E-state index contributed by atoms with van der Waals surface area (Å²) in [5.41, 5.74) is 2.75. The Morgan fingerprint density at radius 2 is 1.91 bits per heavy atom. The first-order valence-corrected chi connectivity index (χ1v) is 11.4. The van der Waals surface area contributed by atoms with Gasteiger partial charge in [-0.15, -0.1) is 6.42 Å². The predicted molar refractivity (Wildman–Crippen MR) is 125 cm³/mol. The minimum absolute atomic E-state index is 0.210. The summed E-state index contributed by atoms with van der Waals surface area (Å²) in [6.07, 6.45) is 13.2. The number of fused-ring (bicyclic) bond motifs is 2. The van der Waals surface area contributed by atoms with Crippen molar-refractivity contribution in [3.8, 4) is 12.3 Å². The molecule has 0 aliphatic heterocycles. The number of aliphatic hydroxyl groups is 1. The summed E-state index contributed by atoms with van der Waals surface area (Å²) in [5.74, 6) is 4.20. The van der Waals surface area contributed by atoms with Gasteiger partial charge in [0, 0.05) is 18.1 Å². The number of halogens is 1. The van der Waals surface area contributed by atoms with E-state index in [-0.39, 0.29) is 11.7 Å². The summed E-state index contributed by atoms with van der Waals surface area (Å²) in [4.78, 5) is 8.60. The molecule has 0 spiro atoms. The van der Waals surface area contributed by atoms with Crippen LogP contribution in [-0.2, 0) is 0 Å². The highest BCUT2D eigenvalue weighted by molar-refractivity contribution is 5.82. The molecule has 32 heavy (non-hydrogen) atoms. The summed E-state index contributed by atoms with van der Waals surface area (Å²) < 4.78 is 13.9. The van der Waals surface area contributed by atoms with Crippen molar-refractivity contribution >= 4 is 16.6 Å². The molecule has 5 rings (SSSR count). The van der Waals surface area contributed by atoms with Crippen LogP contribution in [0.25, 0.3) is 10.9 Å². The largest absolute Gasteiger partial charge is 0.388 e. The van der Waals surface area contributed by atoms with Gasteiger partial charge >= 0.3 is 0 Å². The van der Waals surface area contributed by atoms with E-state index in [4.69, 9.17) is 6.42 Å². The molecule has 4 nitrogen and oxygen atoms in total. The third-order valence-corrected chi connectivity index (χ3v) is 7.63. The first kappa shape index (κ1) is 20.9. The topological polar surface area (TPSA) is 58.0 Å². The summed E-state index contributed by atoms with van der Waals surface area (Å²) in [5, 5.41) is 15.5. The maximum atomic E-state index is 13.9. The van der Waals surface area contributed by atoms with Crippen molar-refractivity contribution in [3.63, 3.8) is 0 Å². The van der Waals surface area contributed by atoms with Crippen LogP contribution < -0.4 is 5.32 Å². The maximum absolute atomic E-state index is 13.9. The van der Waals surface area contributed by atoms with E-state index in [9.17, 15) is 9.50 Å². The molecule has 0 amide bonds. The molecule has 3 unspecified atom stereocenters. The third-order valence-electron chi connectivity index (χ3n) is 7.63.